The first-order valence-electron chi connectivity index (χ1n) is 14.7. The third-order valence-corrected chi connectivity index (χ3v) is 10.4. The molecule has 3 aromatic carbocycles. The van der Waals surface area contributed by atoms with Crippen LogP contribution in [0.25, 0.3) is 0 Å². The number of rotatable bonds is 11. The van der Waals surface area contributed by atoms with E-state index in [4.69, 9.17) is 23.2 Å². The number of anilines is 1. The standard InChI is InChI=1S/C33H39Cl2N3O4S/c1-4-29(33(40)36-26-12-6-5-7-13-26)37(21-25-11-8-10-24(3)20-25)31(39)22-38(30-15-9-14-28(34)32(30)35)43(41,42)27-18-16-23(2)17-19-27/h8-11,14-20,26,29H,4-7,12-13,21-22H2,1-3H3,(H,36,40)/t29-/m0/s1. The van der Waals surface area contributed by atoms with Crippen LogP contribution >= 0.6 is 23.2 Å². The summed E-state index contributed by atoms with van der Waals surface area (Å²) in [4.78, 5) is 29.5. The number of carbonyl (C=O) groups excluding carboxylic acids is 2. The number of hydrogen-bond donors (Lipinski definition) is 1. The van der Waals surface area contributed by atoms with Crippen LogP contribution in [0.1, 0.15) is 62.1 Å². The lowest BCUT2D eigenvalue weighted by molar-refractivity contribution is -0.140. The molecule has 0 saturated heterocycles. The fraction of sp³-hybridized carbons (Fsp3) is 0.394. The second-order valence-electron chi connectivity index (χ2n) is 11.2. The summed E-state index contributed by atoms with van der Waals surface area (Å²) in [6.07, 6.45) is 5.44. The predicted molar refractivity (Wildman–Crippen MR) is 173 cm³/mol. The van der Waals surface area contributed by atoms with Crippen molar-refractivity contribution in [1.82, 2.24) is 10.2 Å². The zero-order chi connectivity index (χ0) is 31.1. The third kappa shape index (κ3) is 8.11. The smallest absolute Gasteiger partial charge is 0.264 e. The van der Waals surface area contributed by atoms with Crippen molar-refractivity contribution in [2.24, 2.45) is 0 Å². The van der Waals surface area contributed by atoms with Gasteiger partial charge in [0.1, 0.15) is 12.6 Å². The van der Waals surface area contributed by atoms with Gasteiger partial charge >= 0.3 is 0 Å². The number of benzene rings is 3. The highest BCUT2D eigenvalue weighted by Crippen LogP contribution is 2.35. The molecule has 4 rings (SSSR count). The van der Waals surface area contributed by atoms with Gasteiger partial charge in [0.15, 0.2) is 0 Å². The average molecular weight is 645 g/mol. The maximum absolute atomic E-state index is 14.3. The van der Waals surface area contributed by atoms with Crippen molar-refractivity contribution in [3.05, 3.63) is 93.5 Å². The Bertz CT molecular complexity index is 1540. The largest absolute Gasteiger partial charge is 0.352 e. The molecule has 7 nitrogen and oxygen atoms in total. The van der Waals surface area contributed by atoms with Crippen LogP contribution in [-0.2, 0) is 26.2 Å². The number of nitrogens with zero attached hydrogens (tertiary/aromatic N) is 2. The zero-order valence-electron chi connectivity index (χ0n) is 24.9. The minimum atomic E-state index is -4.25. The Kier molecular flexibility index (Phi) is 11.2. The summed E-state index contributed by atoms with van der Waals surface area (Å²) in [5, 5.41) is 3.33. The molecule has 0 heterocycles. The van der Waals surface area contributed by atoms with Gasteiger partial charge in [-0.3, -0.25) is 13.9 Å². The van der Waals surface area contributed by atoms with Crippen LogP contribution in [0.5, 0.6) is 0 Å². The Morgan fingerprint density at radius 3 is 2.26 bits per heavy atom. The average Bonchev–Trinajstić information content (AvgIpc) is 2.98. The lowest BCUT2D eigenvalue weighted by Crippen LogP contribution is -2.54. The number of hydrogen-bond acceptors (Lipinski definition) is 4. The van der Waals surface area contributed by atoms with Gasteiger partial charge in [-0.2, -0.15) is 0 Å². The molecule has 0 aromatic heterocycles. The molecule has 230 valence electrons. The highest BCUT2D eigenvalue weighted by Gasteiger charge is 2.35. The maximum Gasteiger partial charge on any atom is 0.264 e. The number of carbonyl (C=O) groups is 2. The van der Waals surface area contributed by atoms with E-state index in [0.717, 1.165) is 53.1 Å². The predicted octanol–water partition coefficient (Wildman–Crippen LogP) is 7.06. The van der Waals surface area contributed by atoms with Crippen LogP contribution in [0, 0.1) is 13.8 Å². The summed E-state index contributed by atoms with van der Waals surface area (Å²) < 4.78 is 29.1. The summed E-state index contributed by atoms with van der Waals surface area (Å²) in [6, 6.07) is 18.0. The summed E-state index contributed by atoms with van der Waals surface area (Å²) in [7, 11) is -4.25. The first kappa shape index (κ1) is 32.8. The van der Waals surface area contributed by atoms with E-state index in [1.54, 1.807) is 24.3 Å². The van der Waals surface area contributed by atoms with Gasteiger partial charge in [0, 0.05) is 12.6 Å². The van der Waals surface area contributed by atoms with Crippen molar-refractivity contribution in [2.75, 3.05) is 10.8 Å². The van der Waals surface area contributed by atoms with Gasteiger partial charge in [-0.1, -0.05) is 103 Å². The van der Waals surface area contributed by atoms with Gasteiger partial charge in [-0.05, 0) is 62.9 Å². The molecule has 0 aliphatic heterocycles. The van der Waals surface area contributed by atoms with Crippen molar-refractivity contribution in [3.63, 3.8) is 0 Å². The second kappa shape index (κ2) is 14.6. The molecule has 1 saturated carbocycles. The van der Waals surface area contributed by atoms with Crippen molar-refractivity contribution in [1.29, 1.82) is 0 Å². The van der Waals surface area contributed by atoms with Crippen molar-refractivity contribution in [3.8, 4) is 0 Å². The fourth-order valence-electron chi connectivity index (χ4n) is 5.51. The highest BCUT2D eigenvalue weighted by atomic mass is 35.5. The molecule has 1 aliphatic carbocycles. The Labute approximate surface area is 265 Å². The minimum Gasteiger partial charge on any atom is -0.352 e. The summed E-state index contributed by atoms with van der Waals surface area (Å²) in [6.45, 7) is 5.24. The molecule has 2 amide bonds. The number of halogens is 2. The normalized spacial score (nSPS) is 14.6. The third-order valence-electron chi connectivity index (χ3n) is 7.86. The lowest BCUT2D eigenvalue weighted by atomic mass is 9.95. The van der Waals surface area contributed by atoms with Crippen LogP contribution in [0.3, 0.4) is 0 Å². The molecule has 1 fully saturated rings. The fourth-order valence-corrected chi connectivity index (χ4v) is 7.38. The van der Waals surface area contributed by atoms with Gasteiger partial charge in [0.2, 0.25) is 11.8 Å². The molecule has 0 bridgehead atoms. The molecule has 1 aliphatic rings. The quantitative estimate of drug-likeness (QED) is 0.242. The Balaban J connectivity index is 1.74. The number of nitrogens with one attached hydrogen (secondary N) is 1. The number of amides is 2. The second-order valence-corrected chi connectivity index (χ2v) is 13.8. The molecular formula is C33H39Cl2N3O4S. The van der Waals surface area contributed by atoms with Gasteiger partial charge in [-0.15, -0.1) is 0 Å². The molecule has 0 spiro atoms. The van der Waals surface area contributed by atoms with E-state index in [1.807, 2.05) is 45.0 Å². The maximum atomic E-state index is 14.3. The summed E-state index contributed by atoms with van der Waals surface area (Å²) >= 11 is 12.8. The van der Waals surface area contributed by atoms with Crippen LogP contribution in [-0.4, -0.2) is 43.8 Å². The van der Waals surface area contributed by atoms with Crippen molar-refractivity contribution in [2.45, 2.75) is 82.8 Å². The highest BCUT2D eigenvalue weighted by molar-refractivity contribution is 7.92. The molecule has 1 N–H and O–H groups in total. The van der Waals surface area contributed by atoms with Crippen LogP contribution in [0.15, 0.2) is 71.6 Å². The van der Waals surface area contributed by atoms with Gasteiger partial charge < -0.3 is 10.2 Å². The van der Waals surface area contributed by atoms with Crippen LogP contribution in [0.2, 0.25) is 10.0 Å². The van der Waals surface area contributed by atoms with Gasteiger partial charge in [0.25, 0.3) is 10.0 Å². The molecule has 1 atom stereocenters. The Morgan fingerprint density at radius 1 is 0.930 bits per heavy atom. The molecule has 0 radical (unpaired) electrons. The zero-order valence-corrected chi connectivity index (χ0v) is 27.2. The van der Waals surface area contributed by atoms with E-state index in [9.17, 15) is 18.0 Å². The van der Waals surface area contributed by atoms with Crippen LogP contribution < -0.4 is 9.62 Å². The number of sulfonamides is 1. The van der Waals surface area contributed by atoms with E-state index >= 15 is 0 Å². The van der Waals surface area contributed by atoms with E-state index in [2.05, 4.69) is 5.32 Å². The van der Waals surface area contributed by atoms with Gasteiger partial charge in [0.05, 0.1) is 20.6 Å². The van der Waals surface area contributed by atoms with E-state index < -0.39 is 28.5 Å². The lowest BCUT2D eigenvalue weighted by Gasteiger charge is -2.34. The first-order valence-corrected chi connectivity index (χ1v) is 16.9. The SMILES string of the molecule is CC[C@@H](C(=O)NC1CCCCC1)N(Cc1cccc(C)c1)C(=O)CN(c1cccc(Cl)c1Cl)S(=O)(=O)c1ccc(C)cc1. The molecule has 3 aromatic rings. The Morgan fingerprint density at radius 2 is 1.60 bits per heavy atom. The van der Waals surface area contributed by atoms with E-state index in [0.29, 0.717) is 6.42 Å². The van der Waals surface area contributed by atoms with Crippen molar-refractivity contribution < 1.29 is 18.0 Å². The molecule has 43 heavy (non-hydrogen) atoms. The monoisotopic (exact) mass is 643 g/mol. The van der Waals surface area contributed by atoms with E-state index in [-0.39, 0.29) is 39.1 Å². The Hall–Kier alpha value is -3.07. The summed E-state index contributed by atoms with van der Waals surface area (Å²) in [5.41, 5.74) is 2.82. The molecule has 0 unspecified atom stereocenters. The van der Waals surface area contributed by atoms with Gasteiger partial charge in [-0.25, -0.2) is 8.42 Å². The molecule has 10 heteroatoms. The topological polar surface area (TPSA) is 86.8 Å². The van der Waals surface area contributed by atoms with Crippen LogP contribution in [0.4, 0.5) is 5.69 Å². The van der Waals surface area contributed by atoms with E-state index in [1.165, 1.54) is 23.1 Å². The van der Waals surface area contributed by atoms with Crippen molar-refractivity contribution >= 4 is 50.7 Å². The molecular weight excluding hydrogens is 605 g/mol. The number of aryl methyl sites for hydroxylation is 2. The summed E-state index contributed by atoms with van der Waals surface area (Å²) in [5.74, 6) is -0.761. The minimum absolute atomic E-state index is 0.00857. The first-order chi connectivity index (χ1) is 20.5.